The maximum Gasteiger partial charge on any atom is 0.254 e. The molecule has 0 aliphatic heterocycles. The van der Waals surface area contributed by atoms with Gasteiger partial charge in [-0.2, -0.15) is 0 Å². The number of aromatic nitrogens is 1. The number of amides is 1. The number of rotatable bonds is 7. The van der Waals surface area contributed by atoms with Gasteiger partial charge in [-0.1, -0.05) is 12.1 Å². The van der Waals surface area contributed by atoms with Gasteiger partial charge in [0.1, 0.15) is 5.75 Å². The average molecular weight is 375 g/mol. The largest absolute Gasteiger partial charge is 0.497 e. The Kier molecular flexibility index (Phi) is 6.27. The van der Waals surface area contributed by atoms with E-state index in [0.717, 1.165) is 22.6 Å². The SMILES string of the molecule is COc1cccc(C(C)N(C)C(=O)c2ccc(NCc3ccncc3)cc2)c1. The molecule has 5 heteroatoms. The van der Waals surface area contributed by atoms with Crippen molar-refractivity contribution >= 4 is 11.6 Å². The van der Waals surface area contributed by atoms with Gasteiger partial charge in [0.15, 0.2) is 0 Å². The van der Waals surface area contributed by atoms with Crippen molar-refractivity contribution in [2.75, 3.05) is 19.5 Å². The van der Waals surface area contributed by atoms with E-state index < -0.39 is 0 Å². The molecule has 28 heavy (non-hydrogen) atoms. The summed E-state index contributed by atoms with van der Waals surface area (Å²) in [6.07, 6.45) is 3.55. The first kappa shape index (κ1) is 19.4. The molecule has 1 aromatic heterocycles. The van der Waals surface area contributed by atoms with Crippen molar-refractivity contribution in [3.63, 3.8) is 0 Å². The van der Waals surface area contributed by atoms with Crippen molar-refractivity contribution in [3.05, 3.63) is 89.7 Å². The Morgan fingerprint density at radius 1 is 1.11 bits per heavy atom. The number of methoxy groups -OCH3 is 1. The first-order chi connectivity index (χ1) is 13.6. The van der Waals surface area contributed by atoms with E-state index in [-0.39, 0.29) is 11.9 Å². The van der Waals surface area contributed by atoms with Gasteiger partial charge in [0, 0.05) is 37.2 Å². The summed E-state index contributed by atoms with van der Waals surface area (Å²) in [5, 5.41) is 3.35. The Balaban J connectivity index is 1.64. The first-order valence-electron chi connectivity index (χ1n) is 9.22. The number of hydrogen-bond donors (Lipinski definition) is 1. The van der Waals surface area contributed by atoms with Crippen LogP contribution >= 0.6 is 0 Å². The maximum absolute atomic E-state index is 12.9. The van der Waals surface area contributed by atoms with Gasteiger partial charge >= 0.3 is 0 Å². The van der Waals surface area contributed by atoms with Crippen molar-refractivity contribution in [3.8, 4) is 5.75 Å². The highest BCUT2D eigenvalue weighted by molar-refractivity contribution is 5.94. The predicted octanol–water partition coefficient (Wildman–Crippen LogP) is 4.54. The van der Waals surface area contributed by atoms with Gasteiger partial charge < -0.3 is 15.0 Å². The summed E-state index contributed by atoms with van der Waals surface area (Å²) in [5.74, 6) is 0.769. The monoisotopic (exact) mass is 375 g/mol. The van der Waals surface area contributed by atoms with Crippen LogP contribution in [0.2, 0.25) is 0 Å². The highest BCUT2D eigenvalue weighted by Gasteiger charge is 2.19. The van der Waals surface area contributed by atoms with E-state index in [1.165, 1.54) is 0 Å². The zero-order valence-electron chi connectivity index (χ0n) is 16.4. The number of anilines is 1. The normalized spacial score (nSPS) is 11.5. The van der Waals surface area contributed by atoms with E-state index in [2.05, 4.69) is 10.3 Å². The third kappa shape index (κ3) is 4.68. The minimum absolute atomic E-state index is 0.0176. The molecule has 0 bridgehead atoms. The molecule has 0 aliphatic rings. The van der Waals surface area contributed by atoms with Gasteiger partial charge in [0.05, 0.1) is 13.2 Å². The molecule has 1 amide bonds. The van der Waals surface area contributed by atoms with Gasteiger partial charge in [-0.3, -0.25) is 9.78 Å². The molecule has 144 valence electrons. The van der Waals surface area contributed by atoms with Crippen molar-refractivity contribution in [2.24, 2.45) is 0 Å². The lowest BCUT2D eigenvalue weighted by Gasteiger charge is -2.26. The van der Waals surface area contributed by atoms with Crippen LogP contribution in [0.5, 0.6) is 5.75 Å². The number of carbonyl (C=O) groups excluding carboxylic acids is 1. The third-order valence-corrected chi connectivity index (χ3v) is 4.86. The molecular formula is C23H25N3O2. The van der Waals surface area contributed by atoms with Gasteiger partial charge in [-0.25, -0.2) is 0 Å². The lowest BCUT2D eigenvalue weighted by molar-refractivity contribution is 0.0742. The number of carbonyl (C=O) groups is 1. The summed E-state index contributed by atoms with van der Waals surface area (Å²) >= 11 is 0. The van der Waals surface area contributed by atoms with Gasteiger partial charge in [-0.15, -0.1) is 0 Å². The molecule has 0 fully saturated rings. The highest BCUT2D eigenvalue weighted by atomic mass is 16.5. The van der Waals surface area contributed by atoms with E-state index >= 15 is 0 Å². The van der Waals surface area contributed by atoms with Crippen molar-refractivity contribution in [1.29, 1.82) is 0 Å². The first-order valence-corrected chi connectivity index (χ1v) is 9.22. The summed E-state index contributed by atoms with van der Waals surface area (Å²) in [6.45, 7) is 2.72. The number of ether oxygens (including phenoxy) is 1. The molecule has 0 spiro atoms. The number of pyridine rings is 1. The second-order valence-electron chi connectivity index (χ2n) is 6.66. The zero-order chi connectivity index (χ0) is 19.9. The highest BCUT2D eigenvalue weighted by Crippen LogP contribution is 2.24. The molecule has 3 rings (SSSR count). The number of benzene rings is 2. The Morgan fingerprint density at radius 2 is 1.82 bits per heavy atom. The Morgan fingerprint density at radius 3 is 2.50 bits per heavy atom. The number of hydrogen-bond acceptors (Lipinski definition) is 4. The van der Waals surface area contributed by atoms with Crippen LogP contribution in [0.25, 0.3) is 0 Å². The standard InChI is InChI=1S/C23H25N3O2/c1-17(20-5-4-6-22(15-20)28-3)26(2)23(27)19-7-9-21(10-8-19)25-16-18-11-13-24-14-12-18/h4-15,17,25H,16H2,1-3H3. The molecule has 3 aromatic rings. The Labute approximate surface area is 166 Å². The van der Waals surface area contributed by atoms with E-state index in [9.17, 15) is 4.79 Å². The van der Waals surface area contributed by atoms with E-state index in [1.807, 2.05) is 74.6 Å². The topological polar surface area (TPSA) is 54.5 Å². The van der Waals surface area contributed by atoms with E-state index in [4.69, 9.17) is 4.74 Å². The summed E-state index contributed by atoms with van der Waals surface area (Å²) in [4.78, 5) is 18.6. The molecule has 5 nitrogen and oxygen atoms in total. The molecular weight excluding hydrogens is 350 g/mol. The van der Waals surface area contributed by atoms with Crippen LogP contribution in [0.3, 0.4) is 0 Å². The zero-order valence-corrected chi connectivity index (χ0v) is 16.4. The fraction of sp³-hybridized carbons (Fsp3) is 0.217. The molecule has 1 atom stereocenters. The van der Waals surface area contributed by atoms with Gasteiger partial charge in [-0.05, 0) is 66.6 Å². The lowest BCUT2D eigenvalue weighted by Crippen LogP contribution is -2.29. The van der Waals surface area contributed by atoms with Crippen LogP contribution in [0.4, 0.5) is 5.69 Å². The van der Waals surface area contributed by atoms with Gasteiger partial charge in [0.25, 0.3) is 5.91 Å². The van der Waals surface area contributed by atoms with Crippen LogP contribution < -0.4 is 10.1 Å². The van der Waals surface area contributed by atoms with Crippen LogP contribution in [0.15, 0.2) is 73.1 Å². The summed E-state index contributed by atoms with van der Waals surface area (Å²) in [6, 6.07) is 19.2. The van der Waals surface area contributed by atoms with Gasteiger partial charge in [0.2, 0.25) is 0 Å². The maximum atomic E-state index is 12.9. The number of nitrogens with zero attached hydrogens (tertiary/aromatic N) is 2. The third-order valence-electron chi connectivity index (χ3n) is 4.86. The molecule has 1 heterocycles. The summed E-state index contributed by atoms with van der Waals surface area (Å²) in [5.41, 5.74) is 3.82. The smallest absolute Gasteiger partial charge is 0.254 e. The minimum atomic E-state index is -0.0629. The van der Waals surface area contributed by atoms with Crippen LogP contribution in [-0.4, -0.2) is 29.9 Å². The van der Waals surface area contributed by atoms with Crippen molar-refractivity contribution in [2.45, 2.75) is 19.5 Å². The Hall–Kier alpha value is -3.34. The Bertz CT molecular complexity index is 911. The summed E-state index contributed by atoms with van der Waals surface area (Å²) < 4.78 is 5.28. The fourth-order valence-corrected chi connectivity index (χ4v) is 2.94. The predicted molar refractivity (Wildman–Crippen MR) is 112 cm³/mol. The molecule has 0 radical (unpaired) electrons. The molecule has 2 aromatic carbocycles. The number of nitrogens with one attached hydrogen (secondary N) is 1. The lowest BCUT2D eigenvalue weighted by atomic mass is 10.1. The van der Waals surface area contributed by atoms with Crippen LogP contribution in [0, 0.1) is 0 Å². The second-order valence-corrected chi connectivity index (χ2v) is 6.66. The molecule has 1 unspecified atom stereocenters. The molecule has 0 aliphatic carbocycles. The van der Waals surface area contributed by atoms with Crippen molar-refractivity contribution < 1.29 is 9.53 Å². The average Bonchev–Trinajstić information content (AvgIpc) is 2.77. The summed E-state index contributed by atoms with van der Waals surface area (Å²) in [7, 11) is 3.46. The van der Waals surface area contributed by atoms with Crippen LogP contribution in [0.1, 0.15) is 34.5 Å². The molecule has 0 saturated carbocycles. The van der Waals surface area contributed by atoms with E-state index in [0.29, 0.717) is 12.1 Å². The molecule has 0 saturated heterocycles. The minimum Gasteiger partial charge on any atom is -0.497 e. The van der Waals surface area contributed by atoms with Crippen LogP contribution in [-0.2, 0) is 6.54 Å². The molecule has 1 N–H and O–H groups in total. The second kappa shape index (κ2) is 9.04. The van der Waals surface area contributed by atoms with Crippen molar-refractivity contribution in [1.82, 2.24) is 9.88 Å². The van der Waals surface area contributed by atoms with E-state index in [1.54, 1.807) is 24.4 Å². The quantitative estimate of drug-likeness (QED) is 0.659. The fourth-order valence-electron chi connectivity index (χ4n) is 2.94.